The van der Waals surface area contributed by atoms with E-state index in [2.05, 4.69) is 10.3 Å². The molecule has 3 N–H and O–H groups in total. The lowest BCUT2D eigenvalue weighted by atomic mass is 9.94. The van der Waals surface area contributed by atoms with Gasteiger partial charge in [-0.1, -0.05) is 19.9 Å². The SMILES string of the molecule is CC(C)(CN)CNC(=O)c1ccccn1. The summed E-state index contributed by atoms with van der Waals surface area (Å²) in [6.45, 7) is 5.10. The molecule has 15 heavy (non-hydrogen) atoms. The molecule has 0 fully saturated rings. The minimum atomic E-state index is -0.155. The number of pyridine rings is 1. The number of nitrogens with two attached hydrogens (primary N) is 1. The summed E-state index contributed by atoms with van der Waals surface area (Å²) >= 11 is 0. The Balaban J connectivity index is 2.51. The average molecular weight is 207 g/mol. The van der Waals surface area contributed by atoms with Crippen LogP contribution in [0.15, 0.2) is 24.4 Å². The molecule has 1 rings (SSSR count). The fraction of sp³-hybridized carbons (Fsp3) is 0.455. The molecule has 0 radical (unpaired) electrons. The van der Waals surface area contributed by atoms with Crippen LogP contribution in [0.3, 0.4) is 0 Å². The molecule has 0 aliphatic heterocycles. The first kappa shape index (κ1) is 11.7. The van der Waals surface area contributed by atoms with Gasteiger partial charge in [-0.15, -0.1) is 0 Å². The molecule has 4 nitrogen and oxygen atoms in total. The lowest BCUT2D eigenvalue weighted by Crippen LogP contribution is -2.38. The Hall–Kier alpha value is -1.42. The number of nitrogens with zero attached hydrogens (tertiary/aromatic N) is 1. The van der Waals surface area contributed by atoms with Gasteiger partial charge < -0.3 is 11.1 Å². The van der Waals surface area contributed by atoms with Gasteiger partial charge in [0.1, 0.15) is 5.69 Å². The molecule has 0 aliphatic carbocycles. The van der Waals surface area contributed by atoms with E-state index in [1.165, 1.54) is 0 Å². The Morgan fingerprint density at radius 3 is 2.80 bits per heavy atom. The molecule has 82 valence electrons. The zero-order valence-electron chi connectivity index (χ0n) is 9.16. The highest BCUT2D eigenvalue weighted by Gasteiger charge is 2.17. The number of amides is 1. The van der Waals surface area contributed by atoms with Crippen molar-refractivity contribution in [1.29, 1.82) is 0 Å². The highest BCUT2D eigenvalue weighted by atomic mass is 16.1. The molecular weight excluding hydrogens is 190 g/mol. The van der Waals surface area contributed by atoms with Crippen molar-refractivity contribution in [3.63, 3.8) is 0 Å². The molecule has 0 unspecified atom stereocenters. The Morgan fingerprint density at radius 2 is 2.27 bits per heavy atom. The molecule has 0 atom stereocenters. The van der Waals surface area contributed by atoms with Gasteiger partial charge in [0, 0.05) is 12.7 Å². The van der Waals surface area contributed by atoms with Gasteiger partial charge in [0.25, 0.3) is 5.91 Å². The monoisotopic (exact) mass is 207 g/mol. The third kappa shape index (κ3) is 3.67. The highest BCUT2D eigenvalue weighted by Crippen LogP contribution is 2.10. The van der Waals surface area contributed by atoms with Crippen LogP contribution in [0.5, 0.6) is 0 Å². The summed E-state index contributed by atoms with van der Waals surface area (Å²) in [4.78, 5) is 15.6. The van der Waals surface area contributed by atoms with Crippen molar-refractivity contribution in [3.05, 3.63) is 30.1 Å². The highest BCUT2D eigenvalue weighted by molar-refractivity contribution is 5.92. The van der Waals surface area contributed by atoms with Crippen LogP contribution in [0.1, 0.15) is 24.3 Å². The van der Waals surface area contributed by atoms with Gasteiger partial charge in [-0.25, -0.2) is 0 Å². The summed E-state index contributed by atoms with van der Waals surface area (Å²) in [5.74, 6) is -0.155. The number of carbonyl (C=O) groups excluding carboxylic acids is 1. The van der Waals surface area contributed by atoms with Crippen molar-refractivity contribution in [2.75, 3.05) is 13.1 Å². The van der Waals surface area contributed by atoms with Crippen LogP contribution in [0, 0.1) is 5.41 Å². The molecule has 4 heteroatoms. The third-order valence-corrected chi connectivity index (χ3v) is 2.18. The summed E-state index contributed by atoms with van der Waals surface area (Å²) in [6, 6.07) is 5.25. The van der Waals surface area contributed by atoms with Gasteiger partial charge in [0.2, 0.25) is 0 Å². The number of aromatic nitrogens is 1. The number of hydrogen-bond donors (Lipinski definition) is 2. The van der Waals surface area contributed by atoms with Crippen LogP contribution < -0.4 is 11.1 Å². The molecule has 0 aliphatic rings. The van der Waals surface area contributed by atoms with E-state index in [-0.39, 0.29) is 11.3 Å². The lowest BCUT2D eigenvalue weighted by Gasteiger charge is -2.22. The van der Waals surface area contributed by atoms with Crippen molar-refractivity contribution in [2.45, 2.75) is 13.8 Å². The Labute approximate surface area is 89.9 Å². The zero-order valence-corrected chi connectivity index (χ0v) is 9.16. The number of rotatable bonds is 4. The maximum atomic E-state index is 11.6. The van der Waals surface area contributed by atoms with E-state index in [4.69, 9.17) is 5.73 Å². The molecule has 1 aromatic heterocycles. The quantitative estimate of drug-likeness (QED) is 0.767. The predicted molar refractivity (Wildman–Crippen MR) is 59.4 cm³/mol. The van der Waals surface area contributed by atoms with E-state index >= 15 is 0 Å². The lowest BCUT2D eigenvalue weighted by molar-refractivity contribution is 0.0933. The van der Waals surface area contributed by atoms with Crippen molar-refractivity contribution in [2.24, 2.45) is 11.1 Å². The summed E-state index contributed by atoms with van der Waals surface area (Å²) in [7, 11) is 0. The van der Waals surface area contributed by atoms with Gasteiger partial charge in [-0.2, -0.15) is 0 Å². The van der Waals surface area contributed by atoms with Crippen LogP contribution in [0.25, 0.3) is 0 Å². The average Bonchev–Trinajstić information content (AvgIpc) is 2.27. The van der Waals surface area contributed by atoms with Crippen molar-refractivity contribution in [1.82, 2.24) is 10.3 Å². The largest absolute Gasteiger partial charge is 0.350 e. The maximum Gasteiger partial charge on any atom is 0.269 e. The van der Waals surface area contributed by atoms with Gasteiger partial charge >= 0.3 is 0 Å². The molecule has 0 saturated heterocycles. The minimum Gasteiger partial charge on any atom is -0.350 e. The molecule has 0 spiro atoms. The van der Waals surface area contributed by atoms with E-state index in [1.54, 1.807) is 24.4 Å². The van der Waals surface area contributed by atoms with E-state index in [9.17, 15) is 4.79 Å². The molecule has 1 amide bonds. The van der Waals surface area contributed by atoms with Crippen molar-refractivity contribution >= 4 is 5.91 Å². The summed E-state index contributed by atoms with van der Waals surface area (Å²) in [5.41, 5.74) is 5.92. The second kappa shape index (κ2) is 4.89. The zero-order chi connectivity index (χ0) is 11.3. The number of carbonyl (C=O) groups is 1. The number of hydrogen-bond acceptors (Lipinski definition) is 3. The first-order valence-corrected chi connectivity index (χ1v) is 4.94. The van der Waals surface area contributed by atoms with Gasteiger partial charge in [0.15, 0.2) is 0 Å². The van der Waals surface area contributed by atoms with Crippen molar-refractivity contribution < 1.29 is 4.79 Å². The van der Waals surface area contributed by atoms with Crippen LogP contribution in [0.4, 0.5) is 0 Å². The van der Waals surface area contributed by atoms with Gasteiger partial charge in [-0.3, -0.25) is 9.78 Å². The van der Waals surface area contributed by atoms with E-state index < -0.39 is 0 Å². The van der Waals surface area contributed by atoms with E-state index in [0.29, 0.717) is 18.8 Å². The Morgan fingerprint density at radius 1 is 1.53 bits per heavy atom. The Bertz CT molecular complexity index is 322. The smallest absolute Gasteiger partial charge is 0.269 e. The second-order valence-corrected chi connectivity index (χ2v) is 4.27. The Kier molecular flexibility index (Phi) is 3.80. The third-order valence-electron chi connectivity index (χ3n) is 2.18. The molecule has 0 aromatic carbocycles. The van der Waals surface area contributed by atoms with Gasteiger partial charge in [0.05, 0.1) is 0 Å². The molecule has 1 aromatic rings. The van der Waals surface area contributed by atoms with Crippen LogP contribution >= 0.6 is 0 Å². The van der Waals surface area contributed by atoms with Crippen LogP contribution in [0.2, 0.25) is 0 Å². The number of nitrogens with one attached hydrogen (secondary N) is 1. The van der Waals surface area contributed by atoms with Crippen LogP contribution in [-0.2, 0) is 0 Å². The molecular formula is C11H17N3O. The normalized spacial score (nSPS) is 11.1. The molecule has 1 heterocycles. The summed E-state index contributed by atoms with van der Waals surface area (Å²) in [6.07, 6.45) is 1.60. The summed E-state index contributed by atoms with van der Waals surface area (Å²) < 4.78 is 0. The fourth-order valence-electron chi connectivity index (χ4n) is 0.979. The maximum absolute atomic E-state index is 11.6. The summed E-state index contributed by atoms with van der Waals surface area (Å²) in [5, 5.41) is 2.81. The standard InChI is InChI=1S/C11H17N3O/c1-11(2,7-12)8-14-10(15)9-5-3-4-6-13-9/h3-6H,7-8,12H2,1-2H3,(H,14,15). The first-order valence-electron chi connectivity index (χ1n) is 4.94. The van der Waals surface area contributed by atoms with Crippen LogP contribution in [-0.4, -0.2) is 24.0 Å². The van der Waals surface area contributed by atoms with Gasteiger partial charge in [-0.05, 0) is 24.1 Å². The second-order valence-electron chi connectivity index (χ2n) is 4.27. The van der Waals surface area contributed by atoms with E-state index in [0.717, 1.165) is 0 Å². The minimum absolute atomic E-state index is 0.0789. The van der Waals surface area contributed by atoms with Crippen molar-refractivity contribution in [3.8, 4) is 0 Å². The molecule has 0 saturated carbocycles. The topological polar surface area (TPSA) is 68.0 Å². The molecule has 0 bridgehead atoms. The fourth-order valence-corrected chi connectivity index (χ4v) is 0.979. The first-order chi connectivity index (χ1) is 7.05. The predicted octanol–water partition coefficient (Wildman–Crippen LogP) is 0.796. The van der Waals surface area contributed by atoms with E-state index in [1.807, 2.05) is 13.8 Å².